The topological polar surface area (TPSA) is 60.0 Å². The fourth-order valence-electron chi connectivity index (χ4n) is 2.06. The van der Waals surface area contributed by atoms with E-state index in [1.807, 2.05) is 10.9 Å². The number of aryl methyl sites for hydroxylation is 1. The van der Waals surface area contributed by atoms with Crippen LogP contribution in [0.5, 0.6) is 0 Å². The molecule has 3 rings (SSSR count). The number of aromatic nitrogens is 4. The average molecular weight is 254 g/mol. The highest BCUT2D eigenvalue weighted by Crippen LogP contribution is 2.26. The van der Waals surface area contributed by atoms with Crippen LogP contribution in [-0.2, 0) is 0 Å². The van der Waals surface area contributed by atoms with E-state index in [9.17, 15) is 0 Å². The van der Waals surface area contributed by atoms with Crippen molar-refractivity contribution in [2.45, 2.75) is 19.4 Å². The van der Waals surface area contributed by atoms with Gasteiger partial charge in [-0.3, -0.25) is 4.68 Å². The van der Waals surface area contributed by atoms with Crippen LogP contribution in [0.15, 0.2) is 16.8 Å². The average Bonchev–Trinajstić information content (AvgIpc) is 2.96. The summed E-state index contributed by atoms with van der Waals surface area (Å²) < 4.78 is 7.30. The molecule has 7 heteroatoms. The third-order valence-corrected chi connectivity index (χ3v) is 3.09. The molecule has 1 unspecified atom stereocenters. The summed E-state index contributed by atoms with van der Waals surface area (Å²) in [5, 5.41) is 12.7. The van der Waals surface area contributed by atoms with Gasteiger partial charge in [0.05, 0.1) is 17.3 Å². The van der Waals surface area contributed by atoms with Crippen molar-refractivity contribution in [3.63, 3.8) is 0 Å². The lowest BCUT2D eigenvalue weighted by Gasteiger charge is -2.13. The molecule has 0 saturated carbocycles. The monoisotopic (exact) mass is 253 g/mol. The Hall–Kier alpha value is -1.56. The minimum absolute atomic E-state index is 0.315. The Morgan fingerprint density at radius 2 is 2.35 bits per heavy atom. The van der Waals surface area contributed by atoms with Gasteiger partial charge in [0.25, 0.3) is 0 Å². The maximum atomic E-state index is 5.86. The summed E-state index contributed by atoms with van der Waals surface area (Å²) in [6.07, 6.45) is 4.50. The lowest BCUT2D eigenvalue weighted by molar-refractivity contribution is 0.483. The van der Waals surface area contributed by atoms with Crippen LogP contribution < -0.4 is 4.90 Å². The molecule has 0 N–H and O–H groups in total. The SMILES string of the molecule is Cc1nnc(N2CCC(n3cc(Cl)cn3)C2)o1. The van der Waals surface area contributed by atoms with Gasteiger partial charge in [0.15, 0.2) is 0 Å². The Bertz CT molecular complexity index is 476. The zero-order valence-electron chi connectivity index (χ0n) is 9.38. The minimum atomic E-state index is 0.315. The van der Waals surface area contributed by atoms with Crippen molar-refractivity contribution in [1.29, 1.82) is 0 Å². The van der Waals surface area contributed by atoms with Crippen molar-refractivity contribution in [2.75, 3.05) is 18.0 Å². The fraction of sp³-hybridized carbons (Fsp3) is 0.500. The highest BCUT2D eigenvalue weighted by molar-refractivity contribution is 6.30. The van der Waals surface area contributed by atoms with Crippen LogP contribution in [0.3, 0.4) is 0 Å². The molecule has 0 spiro atoms. The van der Waals surface area contributed by atoms with Gasteiger partial charge in [-0.2, -0.15) is 5.10 Å². The molecule has 1 fully saturated rings. The van der Waals surface area contributed by atoms with Crippen molar-refractivity contribution in [2.24, 2.45) is 0 Å². The second kappa shape index (κ2) is 4.03. The first-order valence-electron chi connectivity index (χ1n) is 5.47. The molecule has 2 aromatic rings. The first kappa shape index (κ1) is 10.6. The molecule has 1 saturated heterocycles. The number of rotatable bonds is 2. The third-order valence-electron chi connectivity index (χ3n) is 2.89. The first-order valence-corrected chi connectivity index (χ1v) is 5.85. The lowest BCUT2D eigenvalue weighted by atomic mass is 10.3. The molecule has 0 aromatic carbocycles. The smallest absolute Gasteiger partial charge is 0.318 e. The Morgan fingerprint density at radius 3 is 3.00 bits per heavy atom. The summed E-state index contributed by atoms with van der Waals surface area (Å²) in [5.41, 5.74) is 0. The Labute approximate surface area is 103 Å². The van der Waals surface area contributed by atoms with Gasteiger partial charge in [0.2, 0.25) is 5.89 Å². The number of nitrogens with zero attached hydrogens (tertiary/aromatic N) is 5. The molecule has 0 amide bonds. The van der Waals surface area contributed by atoms with Gasteiger partial charge in [-0.25, -0.2) is 0 Å². The van der Waals surface area contributed by atoms with Gasteiger partial charge in [-0.1, -0.05) is 16.7 Å². The molecule has 2 aromatic heterocycles. The summed E-state index contributed by atoms with van der Waals surface area (Å²) in [7, 11) is 0. The molecule has 1 aliphatic heterocycles. The van der Waals surface area contributed by atoms with E-state index in [0.29, 0.717) is 23.0 Å². The number of hydrogen-bond donors (Lipinski definition) is 0. The van der Waals surface area contributed by atoms with E-state index < -0.39 is 0 Å². The summed E-state index contributed by atoms with van der Waals surface area (Å²) >= 11 is 5.86. The van der Waals surface area contributed by atoms with E-state index in [-0.39, 0.29) is 0 Å². The van der Waals surface area contributed by atoms with Crippen LogP contribution >= 0.6 is 11.6 Å². The summed E-state index contributed by atoms with van der Waals surface area (Å²) in [5.74, 6) is 0.589. The fourth-order valence-corrected chi connectivity index (χ4v) is 2.20. The van der Waals surface area contributed by atoms with Crippen LogP contribution in [0, 0.1) is 6.92 Å². The van der Waals surface area contributed by atoms with Gasteiger partial charge >= 0.3 is 6.01 Å². The molecule has 1 aliphatic rings. The lowest BCUT2D eigenvalue weighted by Crippen LogP contribution is -2.21. The highest BCUT2D eigenvalue weighted by atomic mass is 35.5. The molecule has 90 valence electrons. The molecule has 1 atom stereocenters. The van der Waals surface area contributed by atoms with E-state index in [1.165, 1.54) is 0 Å². The molecule has 0 radical (unpaired) electrons. The van der Waals surface area contributed by atoms with Crippen LogP contribution in [0.2, 0.25) is 5.02 Å². The van der Waals surface area contributed by atoms with Crippen LogP contribution in [-0.4, -0.2) is 33.1 Å². The van der Waals surface area contributed by atoms with Crippen molar-refractivity contribution < 1.29 is 4.42 Å². The van der Waals surface area contributed by atoms with Gasteiger partial charge in [-0.05, 0) is 6.42 Å². The van der Waals surface area contributed by atoms with E-state index in [2.05, 4.69) is 20.2 Å². The standard InChI is InChI=1S/C10H12ClN5O/c1-7-13-14-10(17-7)15-3-2-9(6-15)16-5-8(11)4-12-16/h4-5,9H,2-3,6H2,1H3. The molecule has 17 heavy (non-hydrogen) atoms. The van der Waals surface area contributed by atoms with Gasteiger partial charge in [-0.15, -0.1) is 5.10 Å². The third kappa shape index (κ3) is 2.00. The van der Waals surface area contributed by atoms with Crippen molar-refractivity contribution in [3.8, 4) is 0 Å². The van der Waals surface area contributed by atoms with E-state index >= 15 is 0 Å². The zero-order valence-corrected chi connectivity index (χ0v) is 10.1. The van der Waals surface area contributed by atoms with Gasteiger partial charge < -0.3 is 9.32 Å². The summed E-state index contributed by atoms with van der Waals surface area (Å²) in [6, 6.07) is 0.901. The van der Waals surface area contributed by atoms with Crippen molar-refractivity contribution in [1.82, 2.24) is 20.0 Å². The number of anilines is 1. The van der Waals surface area contributed by atoms with E-state index in [1.54, 1.807) is 13.1 Å². The molecular formula is C10H12ClN5O. The molecule has 3 heterocycles. The maximum absolute atomic E-state index is 5.86. The van der Waals surface area contributed by atoms with E-state index in [4.69, 9.17) is 16.0 Å². The number of halogens is 1. The second-order valence-corrected chi connectivity index (χ2v) is 4.57. The second-order valence-electron chi connectivity index (χ2n) is 4.13. The Kier molecular flexibility index (Phi) is 2.51. The van der Waals surface area contributed by atoms with E-state index in [0.717, 1.165) is 19.5 Å². The van der Waals surface area contributed by atoms with Gasteiger partial charge in [0.1, 0.15) is 0 Å². The van der Waals surface area contributed by atoms with Gasteiger partial charge in [0, 0.05) is 26.2 Å². The van der Waals surface area contributed by atoms with Crippen molar-refractivity contribution in [3.05, 3.63) is 23.3 Å². The molecule has 6 nitrogen and oxygen atoms in total. The van der Waals surface area contributed by atoms with Crippen LogP contribution in [0.25, 0.3) is 0 Å². The first-order chi connectivity index (χ1) is 8.22. The molecule has 0 aliphatic carbocycles. The van der Waals surface area contributed by atoms with Crippen molar-refractivity contribution >= 4 is 17.6 Å². The van der Waals surface area contributed by atoms with Crippen LogP contribution in [0.1, 0.15) is 18.4 Å². The largest absolute Gasteiger partial charge is 0.408 e. The minimum Gasteiger partial charge on any atom is -0.408 e. The normalized spacial score (nSPS) is 20.1. The summed E-state index contributed by atoms with van der Waals surface area (Å²) in [6.45, 7) is 3.50. The Balaban J connectivity index is 1.73. The highest BCUT2D eigenvalue weighted by Gasteiger charge is 2.27. The maximum Gasteiger partial charge on any atom is 0.318 e. The molecule has 0 bridgehead atoms. The predicted octanol–water partition coefficient (Wildman–Crippen LogP) is 1.68. The van der Waals surface area contributed by atoms with Crippen LogP contribution in [0.4, 0.5) is 6.01 Å². The zero-order chi connectivity index (χ0) is 11.8. The summed E-state index contributed by atoms with van der Waals surface area (Å²) in [4.78, 5) is 2.07. The quantitative estimate of drug-likeness (QED) is 0.815. The molecular weight excluding hydrogens is 242 g/mol. The predicted molar refractivity (Wildman–Crippen MR) is 62.1 cm³/mol. The number of hydrogen-bond acceptors (Lipinski definition) is 5. The Morgan fingerprint density at radius 1 is 1.47 bits per heavy atom.